The molecule has 4 nitrogen and oxygen atoms in total. The van der Waals surface area contributed by atoms with Crippen LogP contribution >= 0.6 is 31.9 Å². The fraction of sp³-hybridized carbons (Fsp3) is 0.222. The van der Waals surface area contributed by atoms with Crippen molar-refractivity contribution in [3.8, 4) is 5.75 Å². The van der Waals surface area contributed by atoms with Gasteiger partial charge in [0, 0.05) is 10.0 Å². The third kappa shape index (κ3) is 2.70. The van der Waals surface area contributed by atoms with Gasteiger partial charge in [0.05, 0.1) is 11.6 Å². The number of benzene rings is 1. The molecule has 6 heteroatoms. The largest absolute Gasteiger partial charge is 0.495 e. The Morgan fingerprint density at radius 3 is 2.53 bits per heavy atom. The summed E-state index contributed by atoms with van der Waals surface area (Å²) in [5.74, 6) is -1.01. The summed E-state index contributed by atoms with van der Waals surface area (Å²) in [6, 6.07) is 3.21. The van der Waals surface area contributed by atoms with Gasteiger partial charge in [0.15, 0.2) is 6.10 Å². The number of aliphatic hydroxyl groups excluding tert-OH is 1. The molecular formula is C9H8Br2O4. The van der Waals surface area contributed by atoms with Gasteiger partial charge in [-0.2, -0.15) is 0 Å². The van der Waals surface area contributed by atoms with E-state index in [9.17, 15) is 9.90 Å². The lowest BCUT2D eigenvalue weighted by molar-refractivity contribution is -0.147. The second kappa shape index (κ2) is 4.96. The average molecular weight is 340 g/mol. The molecule has 1 atom stereocenters. The minimum atomic E-state index is -1.60. The topological polar surface area (TPSA) is 66.8 Å². The highest BCUT2D eigenvalue weighted by atomic mass is 79.9. The Bertz CT molecular complexity index is 392. The first-order chi connectivity index (χ1) is 6.97. The SMILES string of the molecule is COc1c(Br)cc(Br)cc1C(O)C(=O)O. The van der Waals surface area contributed by atoms with Crippen molar-refractivity contribution in [1.29, 1.82) is 0 Å². The minimum Gasteiger partial charge on any atom is -0.495 e. The van der Waals surface area contributed by atoms with Crippen LogP contribution in [0.1, 0.15) is 11.7 Å². The standard InChI is InChI=1S/C9H8Br2O4/c1-15-8-5(7(12)9(13)14)2-4(10)3-6(8)11/h2-3,7,12H,1H3,(H,13,14). The molecule has 0 amide bonds. The first-order valence-electron chi connectivity index (χ1n) is 3.91. The van der Waals surface area contributed by atoms with E-state index < -0.39 is 12.1 Å². The number of methoxy groups -OCH3 is 1. The van der Waals surface area contributed by atoms with Gasteiger partial charge in [-0.3, -0.25) is 0 Å². The molecule has 0 aliphatic rings. The predicted molar refractivity (Wildman–Crippen MR) is 61.0 cm³/mol. The van der Waals surface area contributed by atoms with Gasteiger partial charge in [-0.05, 0) is 28.1 Å². The molecule has 1 rings (SSSR count). The maximum Gasteiger partial charge on any atom is 0.337 e. The summed E-state index contributed by atoms with van der Waals surface area (Å²) in [5, 5.41) is 18.1. The van der Waals surface area contributed by atoms with Crippen molar-refractivity contribution >= 4 is 37.8 Å². The van der Waals surface area contributed by atoms with Gasteiger partial charge in [0.25, 0.3) is 0 Å². The number of halogens is 2. The molecule has 0 saturated heterocycles. The Labute approximate surface area is 103 Å². The van der Waals surface area contributed by atoms with Gasteiger partial charge in [0.2, 0.25) is 0 Å². The third-order valence-corrected chi connectivity index (χ3v) is 2.82. The van der Waals surface area contributed by atoms with Crippen molar-refractivity contribution in [2.75, 3.05) is 7.11 Å². The van der Waals surface area contributed by atoms with Crippen molar-refractivity contribution in [3.63, 3.8) is 0 Å². The Kier molecular flexibility index (Phi) is 4.12. The van der Waals surface area contributed by atoms with Crippen molar-refractivity contribution in [3.05, 3.63) is 26.6 Å². The van der Waals surface area contributed by atoms with Crippen LogP contribution in [0.15, 0.2) is 21.1 Å². The second-order valence-electron chi connectivity index (χ2n) is 2.75. The number of aliphatic hydroxyl groups is 1. The molecule has 0 spiro atoms. The quantitative estimate of drug-likeness (QED) is 0.887. The molecule has 1 aromatic carbocycles. The molecule has 0 saturated carbocycles. The van der Waals surface area contributed by atoms with E-state index in [-0.39, 0.29) is 5.56 Å². The van der Waals surface area contributed by atoms with Crippen LogP contribution in [0.3, 0.4) is 0 Å². The molecule has 15 heavy (non-hydrogen) atoms. The molecule has 1 unspecified atom stereocenters. The molecule has 0 heterocycles. The van der Waals surface area contributed by atoms with Crippen LogP contribution in [0, 0.1) is 0 Å². The van der Waals surface area contributed by atoms with Gasteiger partial charge in [-0.25, -0.2) is 4.79 Å². The van der Waals surface area contributed by atoms with Crippen LogP contribution in [0.25, 0.3) is 0 Å². The van der Waals surface area contributed by atoms with E-state index in [2.05, 4.69) is 31.9 Å². The number of carboxylic acid groups (broad SMARTS) is 1. The summed E-state index contributed by atoms with van der Waals surface area (Å²) >= 11 is 6.42. The lowest BCUT2D eigenvalue weighted by atomic mass is 10.1. The van der Waals surface area contributed by atoms with Gasteiger partial charge in [0.1, 0.15) is 5.75 Å². The van der Waals surface area contributed by atoms with E-state index in [1.165, 1.54) is 13.2 Å². The van der Waals surface area contributed by atoms with E-state index in [0.717, 1.165) is 0 Å². The van der Waals surface area contributed by atoms with Crippen LogP contribution < -0.4 is 4.74 Å². The zero-order valence-corrected chi connectivity index (χ0v) is 10.9. The molecule has 0 aliphatic carbocycles. The Hall–Kier alpha value is -0.590. The first-order valence-corrected chi connectivity index (χ1v) is 5.49. The van der Waals surface area contributed by atoms with E-state index >= 15 is 0 Å². The lowest BCUT2D eigenvalue weighted by Crippen LogP contribution is -2.12. The van der Waals surface area contributed by atoms with Crippen molar-refractivity contribution in [2.24, 2.45) is 0 Å². The molecular weight excluding hydrogens is 332 g/mol. The lowest BCUT2D eigenvalue weighted by Gasteiger charge is -2.13. The van der Waals surface area contributed by atoms with Gasteiger partial charge < -0.3 is 14.9 Å². The zero-order valence-electron chi connectivity index (χ0n) is 7.70. The normalized spacial score (nSPS) is 12.3. The third-order valence-electron chi connectivity index (χ3n) is 1.77. The number of rotatable bonds is 3. The summed E-state index contributed by atoms with van der Waals surface area (Å²) in [6.07, 6.45) is -1.60. The number of carbonyl (C=O) groups is 1. The van der Waals surface area contributed by atoms with Crippen molar-refractivity contribution < 1.29 is 19.7 Å². The molecule has 0 aromatic heterocycles. The van der Waals surface area contributed by atoms with Crippen LogP contribution in [0.2, 0.25) is 0 Å². The summed E-state index contributed by atoms with van der Waals surface area (Å²) in [5.41, 5.74) is 0.200. The highest BCUT2D eigenvalue weighted by Crippen LogP contribution is 2.36. The van der Waals surface area contributed by atoms with E-state index in [1.54, 1.807) is 6.07 Å². The summed E-state index contributed by atoms with van der Waals surface area (Å²) in [4.78, 5) is 10.7. The molecule has 1 aromatic rings. The number of carboxylic acids is 1. The van der Waals surface area contributed by atoms with Crippen LogP contribution in [0.5, 0.6) is 5.75 Å². The van der Waals surface area contributed by atoms with Gasteiger partial charge >= 0.3 is 5.97 Å². The van der Waals surface area contributed by atoms with Crippen molar-refractivity contribution in [2.45, 2.75) is 6.10 Å². The number of hydrogen-bond donors (Lipinski definition) is 2. The number of hydrogen-bond acceptors (Lipinski definition) is 3. The molecule has 0 aliphatic heterocycles. The second-order valence-corrected chi connectivity index (χ2v) is 4.52. The fourth-order valence-electron chi connectivity index (χ4n) is 1.13. The molecule has 0 radical (unpaired) electrons. The monoisotopic (exact) mass is 338 g/mol. The van der Waals surface area contributed by atoms with Crippen LogP contribution in [0.4, 0.5) is 0 Å². The highest BCUT2D eigenvalue weighted by Gasteiger charge is 2.22. The van der Waals surface area contributed by atoms with E-state index in [1.807, 2.05) is 0 Å². The molecule has 0 bridgehead atoms. The molecule has 0 fully saturated rings. The van der Waals surface area contributed by atoms with Crippen molar-refractivity contribution in [1.82, 2.24) is 0 Å². The van der Waals surface area contributed by atoms with Crippen LogP contribution in [-0.4, -0.2) is 23.3 Å². The zero-order chi connectivity index (χ0) is 11.6. The average Bonchev–Trinajstić information content (AvgIpc) is 2.15. The maximum absolute atomic E-state index is 10.7. The van der Waals surface area contributed by atoms with Gasteiger partial charge in [-0.1, -0.05) is 15.9 Å². The summed E-state index contributed by atoms with van der Waals surface area (Å²) < 4.78 is 6.25. The van der Waals surface area contributed by atoms with Gasteiger partial charge in [-0.15, -0.1) is 0 Å². The maximum atomic E-state index is 10.7. The smallest absolute Gasteiger partial charge is 0.337 e. The van der Waals surface area contributed by atoms with E-state index in [4.69, 9.17) is 9.84 Å². The number of ether oxygens (including phenoxy) is 1. The Morgan fingerprint density at radius 1 is 1.47 bits per heavy atom. The summed E-state index contributed by atoms with van der Waals surface area (Å²) in [6.45, 7) is 0. The summed E-state index contributed by atoms with van der Waals surface area (Å²) in [7, 11) is 1.41. The van der Waals surface area contributed by atoms with E-state index in [0.29, 0.717) is 14.7 Å². The number of aliphatic carboxylic acids is 1. The highest BCUT2D eigenvalue weighted by molar-refractivity contribution is 9.11. The predicted octanol–water partition coefficient (Wildman–Crippen LogP) is 2.34. The Morgan fingerprint density at radius 2 is 2.07 bits per heavy atom. The molecule has 82 valence electrons. The van der Waals surface area contributed by atoms with Crippen LogP contribution in [-0.2, 0) is 4.79 Å². The first kappa shape index (κ1) is 12.5. The minimum absolute atomic E-state index is 0.200. The Balaban J connectivity index is 3.32. The molecule has 2 N–H and O–H groups in total. The fourth-order valence-corrected chi connectivity index (χ4v) is 2.55.